The summed E-state index contributed by atoms with van der Waals surface area (Å²) in [4.78, 5) is 23.1. The molecule has 0 radical (unpaired) electrons. The molecule has 216 valence electrons. The molecule has 0 spiro atoms. The van der Waals surface area contributed by atoms with Crippen molar-refractivity contribution in [2.75, 3.05) is 39.6 Å². The maximum Gasteiger partial charge on any atom is 0.524 e. The van der Waals surface area contributed by atoms with Gasteiger partial charge in [0, 0.05) is 25.9 Å². The van der Waals surface area contributed by atoms with Gasteiger partial charge in [-0.3, -0.25) is 0 Å². The van der Waals surface area contributed by atoms with Crippen LogP contribution in [0.15, 0.2) is 24.3 Å². The molecule has 0 bridgehead atoms. The molecule has 0 saturated carbocycles. The van der Waals surface area contributed by atoms with Crippen molar-refractivity contribution in [3.05, 3.63) is 29.8 Å². The predicted octanol–water partition coefficient (Wildman–Crippen LogP) is 5.21. The van der Waals surface area contributed by atoms with Crippen LogP contribution in [0.25, 0.3) is 6.08 Å². The van der Waals surface area contributed by atoms with Crippen LogP contribution in [-0.2, 0) is 22.8 Å². The Morgan fingerprint density at radius 2 is 1.50 bits per heavy atom. The van der Waals surface area contributed by atoms with Gasteiger partial charge in [-0.25, -0.2) is 9.59 Å². The zero-order valence-electron chi connectivity index (χ0n) is 23.5. The molecule has 1 amide bonds. The van der Waals surface area contributed by atoms with Gasteiger partial charge >= 0.3 is 20.9 Å². The molecule has 2 N–H and O–H groups in total. The van der Waals surface area contributed by atoms with E-state index in [-0.39, 0.29) is 5.67 Å². The van der Waals surface area contributed by atoms with E-state index in [4.69, 9.17) is 32.6 Å². The van der Waals surface area contributed by atoms with Crippen LogP contribution in [0.5, 0.6) is 11.5 Å². The summed E-state index contributed by atoms with van der Waals surface area (Å²) in [5.41, 5.74) is 0.343. The Morgan fingerprint density at radius 3 is 2.05 bits per heavy atom. The van der Waals surface area contributed by atoms with E-state index in [0.717, 1.165) is 37.3 Å². The number of hydrogen-bond donors (Lipinski definition) is 2. The van der Waals surface area contributed by atoms with E-state index >= 15 is 0 Å². The zero-order chi connectivity index (χ0) is 28.2. The molecular weight excluding hydrogens is 510 g/mol. The van der Waals surface area contributed by atoms with E-state index in [0.29, 0.717) is 57.6 Å². The van der Waals surface area contributed by atoms with Gasteiger partial charge in [0.25, 0.3) is 0 Å². The second kappa shape index (κ2) is 19.5. The first-order valence-electron chi connectivity index (χ1n) is 13.5. The molecule has 38 heavy (non-hydrogen) atoms. The van der Waals surface area contributed by atoms with E-state index in [9.17, 15) is 9.59 Å². The van der Waals surface area contributed by atoms with Crippen LogP contribution >= 0.6 is 0 Å². The van der Waals surface area contributed by atoms with Crippen molar-refractivity contribution in [1.29, 1.82) is 0 Å². The third-order valence-corrected chi connectivity index (χ3v) is 8.86. The first kappa shape index (κ1) is 33.4. The molecule has 0 aliphatic carbocycles. The van der Waals surface area contributed by atoms with Crippen molar-refractivity contribution in [3.63, 3.8) is 0 Å². The van der Waals surface area contributed by atoms with E-state index in [2.05, 4.69) is 5.32 Å². The van der Waals surface area contributed by atoms with Crippen LogP contribution in [0.3, 0.4) is 0 Å². The summed E-state index contributed by atoms with van der Waals surface area (Å²) in [6.07, 6.45) is 6.08. The number of aliphatic carboxylic acids is 1. The molecule has 1 atom stereocenters. The highest BCUT2D eigenvalue weighted by Gasteiger charge is 2.49. The van der Waals surface area contributed by atoms with Crippen LogP contribution in [0, 0.1) is 0 Å². The molecule has 1 aromatic rings. The Bertz CT molecular complexity index is 833. The molecule has 11 heteroatoms. The molecule has 0 fully saturated rings. The lowest BCUT2D eigenvalue weighted by Gasteiger charge is -2.34. The van der Waals surface area contributed by atoms with Gasteiger partial charge in [0.1, 0.15) is 5.67 Å². The number of benzene rings is 1. The number of unbranched alkanes of at least 4 members (excludes halogenated alkanes) is 3. The number of ether oxygens (including phenoxy) is 3. The van der Waals surface area contributed by atoms with Gasteiger partial charge in [0.2, 0.25) is 0 Å². The van der Waals surface area contributed by atoms with Crippen LogP contribution in [0.1, 0.15) is 72.3 Å². The van der Waals surface area contributed by atoms with E-state index < -0.39 is 20.9 Å². The first-order valence-corrected chi connectivity index (χ1v) is 15.3. The lowest BCUT2D eigenvalue weighted by molar-refractivity contribution is -0.131. The third-order valence-electron chi connectivity index (χ3n) is 5.38. The van der Waals surface area contributed by atoms with Crippen LogP contribution < -0.4 is 14.8 Å². The van der Waals surface area contributed by atoms with Gasteiger partial charge < -0.3 is 37.9 Å². The highest BCUT2D eigenvalue weighted by molar-refractivity contribution is 6.62. The number of rotatable bonds is 21. The number of amides is 1. The molecule has 0 aliphatic heterocycles. The zero-order valence-corrected chi connectivity index (χ0v) is 24.5. The highest BCUT2D eigenvalue weighted by atomic mass is 28.4. The summed E-state index contributed by atoms with van der Waals surface area (Å²) < 4.78 is 34.6. The molecule has 10 nitrogen and oxygen atoms in total. The van der Waals surface area contributed by atoms with Crippen molar-refractivity contribution < 1.29 is 42.2 Å². The largest absolute Gasteiger partial charge is 0.524 e. The van der Waals surface area contributed by atoms with Crippen LogP contribution in [-0.4, -0.2) is 71.3 Å². The molecule has 0 saturated heterocycles. The van der Waals surface area contributed by atoms with Crippen molar-refractivity contribution in [1.82, 2.24) is 5.32 Å². The fraction of sp³-hybridized carbons (Fsp3) is 0.630. The Balaban J connectivity index is 2.40. The first-order chi connectivity index (χ1) is 18.3. The molecule has 1 aromatic carbocycles. The standard InChI is InChI=1S/C27H45NO9Si/c1-6-25(38(35-8-3,36-9-4)37-10-5)28-27(31)34-20-14-12-11-13-19-33-23-17-15-22(16-18-26(29)30)21-24(23)32-7-2/h15-18,21,25H,6-14,19-20H2,1-5H3,(H,28,31)(H,29,30)/b18-16+. The summed E-state index contributed by atoms with van der Waals surface area (Å²) in [6, 6.07) is 5.32. The van der Waals surface area contributed by atoms with Crippen LogP contribution in [0.2, 0.25) is 0 Å². The fourth-order valence-electron chi connectivity index (χ4n) is 3.74. The molecule has 0 aromatic heterocycles. The lowest BCUT2D eigenvalue weighted by Crippen LogP contribution is -2.62. The van der Waals surface area contributed by atoms with Gasteiger partial charge in [-0.15, -0.1) is 0 Å². The normalized spacial score (nSPS) is 12.3. The number of alkyl carbamates (subject to hydrolysis) is 1. The van der Waals surface area contributed by atoms with Crippen molar-refractivity contribution in [3.8, 4) is 11.5 Å². The number of hydrogen-bond acceptors (Lipinski definition) is 8. The van der Waals surface area contributed by atoms with Gasteiger partial charge in [-0.05, 0) is 83.6 Å². The molecular formula is C27H45NO9Si. The minimum Gasteiger partial charge on any atom is -0.490 e. The molecule has 1 unspecified atom stereocenters. The summed E-state index contributed by atoms with van der Waals surface area (Å²) in [6.45, 7) is 12.1. The second-order valence-electron chi connectivity index (χ2n) is 8.22. The van der Waals surface area contributed by atoms with Gasteiger partial charge in [-0.1, -0.05) is 13.0 Å². The Kier molecular flexibility index (Phi) is 17.1. The van der Waals surface area contributed by atoms with E-state index in [1.807, 2.05) is 34.6 Å². The Hall–Kier alpha value is -2.60. The quantitative estimate of drug-likeness (QED) is 0.119. The van der Waals surface area contributed by atoms with E-state index in [1.54, 1.807) is 18.2 Å². The number of carboxylic acid groups (broad SMARTS) is 1. The van der Waals surface area contributed by atoms with Crippen molar-refractivity contribution >= 4 is 26.9 Å². The smallest absolute Gasteiger partial charge is 0.490 e. The number of carbonyl (C=O) groups excluding carboxylic acids is 1. The minimum atomic E-state index is -3.07. The number of carbonyl (C=O) groups is 2. The Morgan fingerprint density at radius 1 is 0.868 bits per heavy atom. The van der Waals surface area contributed by atoms with Gasteiger partial charge in [0.15, 0.2) is 11.5 Å². The van der Waals surface area contributed by atoms with Crippen molar-refractivity contribution in [2.24, 2.45) is 0 Å². The number of nitrogens with one attached hydrogen (secondary N) is 1. The monoisotopic (exact) mass is 555 g/mol. The van der Waals surface area contributed by atoms with E-state index in [1.165, 1.54) is 6.08 Å². The summed E-state index contributed by atoms with van der Waals surface area (Å²) in [7, 11) is -3.07. The molecule has 0 aliphatic rings. The fourth-order valence-corrected chi connectivity index (χ4v) is 6.60. The van der Waals surface area contributed by atoms with Gasteiger partial charge in [-0.2, -0.15) is 0 Å². The molecule has 1 rings (SSSR count). The second-order valence-corrected chi connectivity index (χ2v) is 11.0. The predicted molar refractivity (Wildman–Crippen MR) is 147 cm³/mol. The van der Waals surface area contributed by atoms with Crippen LogP contribution in [0.4, 0.5) is 4.79 Å². The topological polar surface area (TPSA) is 122 Å². The highest BCUT2D eigenvalue weighted by Crippen LogP contribution is 2.29. The maximum atomic E-state index is 12.4. The van der Waals surface area contributed by atoms with Crippen molar-refractivity contribution in [2.45, 2.75) is 72.4 Å². The summed E-state index contributed by atoms with van der Waals surface area (Å²) in [5, 5.41) is 11.7. The average molecular weight is 556 g/mol. The lowest BCUT2D eigenvalue weighted by atomic mass is 10.2. The summed E-state index contributed by atoms with van der Waals surface area (Å²) in [5.74, 6) is 0.193. The number of carboxylic acids is 1. The Labute approximate surface area is 228 Å². The maximum absolute atomic E-state index is 12.4. The summed E-state index contributed by atoms with van der Waals surface area (Å²) >= 11 is 0. The molecule has 0 heterocycles. The minimum absolute atomic E-state index is 0.315. The third kappa shape index (κ3) is 12.3. The van der Waals surface area contributed by atoms with Gasteiger partial charge in [0.05, 0.1) is 19.8 Å². The SMILES string of the molecule is CCOc1cc(/C=C/C(=O)O)ccc1OCCCCCCOC(=O)NC(CC)[Si](OCC)(OCC)OCC. The average Bonchev–Trinajstić information content (AvgIpc) is 2.89.